The maximum atomic E-state index is 12.6. The van der Waals surface area contributed by atoms with Gasteiger partial charge < -0.3 is 5.73 Å². The lowest BCUT2D eigenvalue weighted by atomic mass is 9.90. The Morgan fingerprint density at radius 3 is 2.15 bits per heavy atom. The summed E-state index contributed by atoms with van der Waals surface area (Å²) in [7, 11) is 0. The standard InChI is InChI=1S/C17H22N2O/c1-12-5-8-14(9-6-12)19-15(17(2,3)4)10-7-13(11-18)16(19)20/h5-10H,11,18H2,1-4H3. The molecule has 0 amide bonds. The first-order chi connectivity index (χ1) is 9.34. The van der Waals surface area contributed by atoms with Crippen molar-refractivity contribution in [3.05, 3.63) is 63.6 Å². The van der Waals surface area contributed by atoms with Crippen molar-refractivity contribution in [3.63, 3.8) is 0 Å². The highest BCUT2D eigenvalue weighted by Gasteiger charge is 2.20. The number of aromatic nitrogens is 1. The number of rotatable bonds is 2. The van der Waals surface area contributed by atoms with Crippen molar-refractivity contribution in [1.29, 1.82) is 0 Å². The average molecular weight is 270 g/mol. The van der Waals surface area contributed by atoms with E-state index in [0.29, 0.717) is 5.56 Å². The Bertz CT molecular complexity index is 661. The van der Waals surface area contributed by atoms with Crippen molar-refractivity contribution >= 4 is 0 Å². The molecule has 0 spiro atoms. The van der Waals surface area contributed by atoms with Crippen molar-refractivity contribution < 1.29 is 0 Å². The number of benzene rings is 1. The zero-order valence-corrected chi connectivity index (χ0v) is 12.6. The second-order valence-corrected chi connectivity index (χ2v) is 6.17. The lowest BCUT2D eigenvalue weighted by Gasteiger charge is -2.25. The Labute approximate surface area is 120 Å². The molecule has 2 rings (SSSR count). The number of aryl methyl sites for hydroxylation is 1. The molecule has 0 radical (unpaired) electrons. The molecular weight excluding hydrogens is 248 g/mol. The van der Waals surface area contributed by atoms with Gasteiger partial charge in [-0.3, -0.25) is 9.36 Å². The number of nitrogens with two attached hydrogens (primary N) is 1. The van der Waals surface area contributed by atoms with E-state index in [1.807, 2.05) is 43.3 Å². The van der Waals surface area contributed by atoms with E-state index >= 15 is 0 Å². The largest absolute Gasteiger partial charge is 0.326 e. The van der Waals surface area contributed by atoms with Crippen molar-refractivity contribution in [2.75, 3.05) is 0 Å². The fourth-order valence-electron chi connectivity index (χ4n) is 2.27. The summed E-state index contributed by atoms with van der Waals surface area (Å²) in [6.07, 6.45) is 0. The molecule has 0 atom stereocenters. The third-order valence-corrected chi connectivity index (χ3v) is 3.44. The van der Waals surface area contributed by atoms with Crippen molar-refractivity contribution in [3.8, 4) is 5.69 Å². The van der Waals surface area contributed by atoms with E-state index < -0.39 is 0 Å². The molecule has 1 aromatic heterocycles. The van der Waals surface area contributed by atoms with Crippen LogP contribution in [0.15, 0.2) is 41.2 Å². The lowest BCUT2D eigenvalue weighted by molar-refractivity contribution is 0.546. The van der Waals surface area contributed by atoms with Gasteiger partial charge in [0, 0.05) is 28.9 Å². The highest BCUT2D eigenvalue weighted by Crippen LogP contribution is 2.24. The van der Waals surface area contributed by atoms with Crippen LogP contribution in [-0.2, 0) is 12.0 Å². The van der Waals surface area contributed by atoms with Gasteiger partial charge in [0.05, 0.1) is 0 Å². The van der Waals surface area contributed by atoms with E-state index in [-0.39, 0.29) is 17.5 Å². The van der Waals surface area contributed by atoms with Crippen LogP contribution in [-0.4, -0.2) is 4.57 Å². The van der Waals surface area contributed by atoms with E-state index in [2.05, 4.69) is 20.8 Å². The first-order valence-electron chi connectivity index (χ1n) is 6.87. The second-order valence-electron chi connectivity index (χ2n) is 6.17. The van der Waals surface area contributed by atoms with Gasteiger partial charge in [-0.05, 0) is 25.1 Å². The Kier molecular flexibility index (Phi) is 3.82. The highest BCUT2D eigenvalue weighted by molar-refractivity contribution is 5.39. The van der Waals surface area contributed by atoms with Gasteiger partial charge >= 0.3 is 0 Å². The maximum Gasteiger partial charge on any atom is 0.259 e. The second kappa shape index (κ2) is 5.25. The van der Waals surface area contributed by atoms with Crippen LogP contribution in [0, 0.1) is 6.92 Å². The van der Waals surface area contributed by atoms with Crippen LogP contribution in [0.3, 0.4) is 0 Å². The summed E-state index contributed by atoms with van der Waals surface area (Å²) in [5, 5.41) is 0. The van der Waals surface area contributed by atoms with Crippen LogP contribution in [0.1, 0.15) is 37.6 Å². The highest BCUT2D eigenvalue weighted by atomic mass is 16.1. The Morgan fingerprint density at radius 2 is 1.65 bits per heavy atom. The molecule has 1 aromatic carbocycles. The molecule has 0 saturated heterocycles. The molecule has 20 heavy (non-hydrogen) atoms. The van der Waals surface area contributed by atoms with Gasteiger partial charge in [-0.15, -0.1) is 0 Å². The van der Waals surface area contributed by atoms with Crippen LogP contribution in [0.4, 0.5) is 0 Å². The van der Waals surface area contributed by atoms with E-state index in [1.54, 1.807) is 4.57 Å². The molecule has 0 bridgehead atoms. The topological polar surface area (TPSA) is 48.0 Å². The summed E-state index contributed by atoms with van der Waals surface area (Å²) in [5.41, 5.74) is 9.22. The molecule has 0 aliphatic carbocycles. The van der Waals surface area contributed by atoms with Crippen LogP contribution in [0.25, 0.3) is 5.69 Å². The molecule has 0 fully saturated rings. The molecule has 2 aromatic rings. The van der Waals surface area contributed by atoms with Crippen LogP contribution < -0.4 is 11.3 Å². The first-order valence-corrected chi connectivity index (χ1v) is 6.87. The molecule has 0 aliphatic heterocycles. The van der Waals surface area contributed by atoms with Gasteiger partial charge in [-0.25, -0.2) is 0 Å². The van der Waals surface area contributed by atoms with Gasteiger partial charge in [0.1, 0.15) is 0 Å². The van der Waals surface area contributed by atoms with E-state index in [0.717, 1.165) is 11.4 Å². The molecule has 3 nitrogen and oxygen atoms in total. The predicted molar refractivity (Wildman–Crippen MR) is 83.4 cm³/mol. The first kappa shape index (κ1) is 14.5. The summed E-state index contributed by atoms with van der Waals surface area (Å²) in [5.74, 6) is 0. The minimum atomic E-state index is -0.114. The van der Waals surface area contributed by atoms with Crippen LogP contribution in [0.2, 0.25) is 0 Å². The smallest absolute Gasteiger partial charge is 0.259 e. The Hall–Kier alpha value is -1.87. The summed E-state index contributed by atoms with van der Waals surface area (Å²) in [4.78, 5) is 12.6. The van der Waals surface area contributed by atoms with Crippen molar-refractivity contribution in [2.24, 2.45) is 5.73 Å². The predicted octanol–water partition coefficient (Wildman–Crippen LogP) is 2.90. The monoisotopic (exact) mass is 270 g/mol. The van der Waals surface area contributed by atoms with E-state index in [1.165, 1.54) is 5.56 Å². The maximum absolute atomic E-state index is 12.6. The van der Waals surface area contributed by atoms with Crippen molar-refractivity contribution in [1.82, 2.24) is 4.57 Å². The zero-order valence-electron chi connectivity index (χ0n) is 12.6. The SMILES string of the molecule is Cc1ccc(-n2c(C(C)(C)C)ccc(CN)c2=O)cc1. The Balaban J connectivity index is 2.77. The third-order valence-electron chi connectivity index (χ3n) is 3.44. The Morgan fingerprint density at radius 1 is 1.05 bits per heavy atom. The quantitative estimate of drug-likeness (QED) is 0.912. The van der Waals surface area contributed by atoms with Gasteiger partial charge in [-0.1, -0.05) is 44.5 Å². The van der Waals surface area contributed by atoms with Crippen molar-refractivity contribution in [2.45, 2.75) is 39.7 Å². The van der Waals surface area contributed by atoms with Gasteiger partial charge in [0.2, 0.25) is 0 Å². The summed E-state index contributed by atoms with van der Waals surface area (Å²) in [6, 6.07) is 11.8. The number of pyridine rings is 1. The van der Waals surface area contributed by atoms with Crippen LogP contribution in [0.5, 0.6) is 0 Å². The molecule has 0 unspecified atom stereocenters. The fraction of sp³-hybridized carbons (Fsp3) is 0.353. The number of hydrogen-bond donors (Lipinski definition) is 1. The fourth-order valence-corrected chi connectivity index (χ4v) is 2.27. The molecule has 1 heterocycles. The molecule has 2 N–H and O–H groups in total. The zero-order chi connectivity index (χ0) is 14.9. The molecule has 0 aliphatic rings. The molecule has 3 heteroatoms. The summed E-state index contributed by atoms with van der Waals surface area (Å²) in [6.45, 7) is 8.61. The normalized spacial score (nSPS) is 11.7. The molecular formula is C17H22N2O. The van der Waals surface area contributed by atoms with Gasteiger partial charge in [0.25, 0.3) is 5.56 Å². The third kappa shape index (κ3) is 2.68. The molecule has 106 valence electrons. The van der Waals surface area contributed by atoms with Crippen LogP contribution >= 0.6 is 0 Å². The van der Waals surface area contributed by atoms with E-state index in [4.69, 9.17) is 5.73 Å². The van der Waals surface area contributed by atoms with E-state index in [9.17, 15) is 4.79 Å². The number of nitrogens with zero attached hydrogens (tertiary/aromatic N) is 1. The summed E-state index contributed by atoms with van der Waals surface area (Å²) < 4.78 is 1.78. The average Bonchev–Trinajstić information content (AvgIpc) is 2.38. The number of hydrogen-bond acceptors (Lipinski definition) is 2. The molecule has 0 saturated carbocycles. The summed E-state index contributed by atoms with van der Waals surface area (Å²) >= 11 is 0. The van der Waals surface area contributed by atoms with Gasteiger partial charge in [-0.2, -0.15) is 0 Å². The lowest BCUT2D eigenvalue weighted by Crippen LogP contribution is -2.31. The minimum Gasteiger partial charge on any atom is -0.326 e. The van der Waals surface area contributed by atoms with Gasteiger partial charge in [0.15, 0.2) is 0 Å². The minimum absolute atomic E-state index is 0.0243.